The van der Waals surface area contributed by atoms with Crippen molar-refractivity contribution in [2.24, 2.45) is 23.0 Å². The molecule has 1 heterocycles. The Hall–Kier alpha value is -2.93. The topological polar surface area (TPSA) is 82.0 Å². The Labute approximate surface area is 142 Å². The Kier molecular flexibility index (Phi) is 4.72. The number of amides is 1. The first kappa shape index (κ1) is 15.9. The average molecular weight is 340 g/mol. The van der Waals surface area contributed by atoms with Crippen molar-refractivity contribution in [1.82, 2.24) is 4.57 Å². The lowest BCUT2D eigenvalue weighted by Gasteiger charge is -2.02. The van der Waals surface area contributed by atoms with E-state index in [1.54, 1.807) is 29.7 Å². The van der Waals surface area contributed by atoms with Gasteiger partial charge in [-0.05, 0) is 42.0 Å². The number of para-hydroxylation sites is 1. The number of nitrogens with zero attached hydrogens (tertiary/aromatic N) is 3. The molecule has 1 aromatic heterocycles. The van der Waals surface area contributed by atoms with Crippen LogP contribution in [0.2, 0.25) is 0 Å². The highest BCUT2D eigenvalue weighted by molar-refractivity contribution is 7.16. The van der Waals surface area contributed by atoms with Crippen LogP contribution in [0, 0.1) is 0 Å². The van der Waals surface area contributed by atoms with Crippen molar-refractivity contribution in [2.75, 3.05) is 6.61 Å². The summed E-state index contributed by atoms with van der Waals surface area (Å²) in [6, 6.07) is 15.3. The van der Waals surface area contributed by atoms with E-state index in [4.69, 9.17) is 10.5 Å². The molecule has 0 spiro atoms. The predicted octanol–water partition coefficient (Wildman–Crippen LogP) is 2.04. The molecule has 3 rings (SSSR count). The summed E-state index contributed by atoms with van der Waals surface area (Å²) >= 11 is 1.59. The van der Waals surface area contributed by atoms with Gasteiger partial charge in [0.25, 0.3) is 5.91 Å². The van der Waals surface area contributed by atoms with E-state index < -0.39 is 5.91 Å². The van der Waals surface area contributed by atoms with E-state index in [-0.39, 0.29) is 6.61 Å². The van der Waals surface area contributed by atoms with Gasteiger partial charge in [0, 0.05) is 7.05 Å². The second kappa shape index (κ2) is 7.10. The molecule has 0 atom stereocenters. The molecule has 0 unspecified atom stereocenters. The van der Waals surface area contributed by atoms with Crippen LogP contribution in [0.4, 0.5) is 0 Å². The molecule has 0 aliphatic rings. The van der Waals surface area contributed by atoms with Gasteiger partial charge in [-0.1, -0.05) is 23.5 Å². The summed E-state index contributed by atoms with van der Waals surface area (Å²) in [5.41, 5.74) is 7.05. The summed E-state index contributed by atoms with van der Waals surface area (Å²) in [7, 11) is 1.97. The molecule has 6 nitrogen and oxygen atoms in total. The van der Waals surface area contributed by atoms with Crippen molar-refractivity contribution in [1.29, 1.82) is 0 Å². The molecule has 0 fully saturated rings. The molecule has 3 aromatic rings. The Morgan fingerprint density at radius 3 is 2.71 bits per heavy atom. The fourth-order valence-corrected chi connectivity index (χ4v) is 3.10. The van der Waals surface area contributed by atoms with Crippen molar-refractivity contribution >= 4 is 33.7 Å². The maximum atomic E-state index is 10.7. The normalized spacial score (nSPS) is 12.1. The first-order valence-corrected chi connectivity index (χ1v) is 8.08. The molecule has 0 saturated carbocycles. The van der Waals surface area contributed by atoms with E-state index in [0.717, 1.165) is 15.9 Å². The molecule has 0 bridgehead atoms. The van der Waals surface area contributed by atoms with Gasteiger partial charge in [0.05, 0.1) is 16.4 Å². The van der Waals surface area contributed by atoms with Crippen molar-refractivity contribution in [3.05, 3.63) is 58.9 Å². The van der Waals surface area contributed by atoms with Crippen LogP contribution in [0.5, 0.6) is 5.75 Å². The van der Waals surface area contributed by atoms with E-state index in [1.165, 1.54) is 4.70 Å². The predicted molar refractivity (Wildman–Crippen MR) is 95.1 cm³/mol. The van der Waals surface area contributed by atoms with Crippen LogP contribution in [0.3, 0.4) is 0 Å². The largest absolute Gasteiger partial charge is 0.484 e. The van der Waals surface area contributed by atoms with Crippen LogP contribution < -0.4 is 15.3 Å². The molecular weight excluding hydrogens is 324 g/mol. The smallest absolute Gasteiger partial charge is 0.255 e. The van der Waals surface area contributed by atoms with Gasteiger partial charge in [0.1, 0.15) is 5.75 Å². The third kappa shape index (κ3) is 3.69. The molecule has 0 aliphatic heterocycles. The molecule has 24 heavy (non-hydrogen) atoms. The Morgan fingerprint density at radius 1 is 1.25 bits per heavy atom. The zero-order chi connectivity index (χ0) is 16.9. The molecule has 2 aromatic carbocycles. The number of benzene rings is 2. The second-order valence-corrected chi connectivity index (χ2v) is 6.09. The molecule has 2 N–H and O–H groups in total. The molecule has 0 saturated heterocycles. The van der Waals surface area contributed by atoms with Gasteiger partial charge in [0.15, 0.2) is 6.61 Å². The van der Waals surface area contributed by atoms with Gasteiger partial charge in [-0.3, -0.25) is 4.79 Å². The van der Waals surface area contributed by atoms with Crippen molar-refractivity contribution in [3.8, 4) is 5.75 Å². The third-order valence-electron chi connectivity index (χ3n) is 3.33. The standard InChI is InChI=1S/C17H16N4O2S/c1-21-14-4-2-3-5-15(14)24-17(21)20-19-10-12-6-8-13(9-7-12)23-11-16(18)22/h2-10H,11H2,1H3,(H2,18,22)/b19-10-,20-17-. The van der Waals surface area contributed by atoms with Crippen LogP contribution in [0.1, 0.15) is 5.56 Å². The maximum absolute atomic E-state index is 10.7. The van der Waals surface area contributed by atoms with E-state index in [1.807, 2.05) is 35.9 Å². The Bertz CT molecular complexity index is 955. The lowest BCUT2D eigenvalue weighted by molar-refractivity contribution is -0.119. The zero-order valence-electron chi connectivity index (χ0n) is 13.0. The first-order chi connectivity index (χ1) is 11.6. The molecule has 0 radical (unpaired) electrons. The van der Waals surface area contributed by atoms with Gasteiger partial charge >= 0.3 is 0 Å². The highest BCUT2D eigenvalue weighted by Gasteiger charge is 2.00. The molecule has 7 heteroatoms. The summed E-state index contributed by atoms with van der Waals surface area (Å²) in [6.45, 7) is -0.134. The molecule has 122 valence electrons. The Morgan fingerprint density at radius 2 is 2.00 bits per heavy atom. The summed E-state index contributed by atoms with van der Waals surface area (Å²) < 4.78 is 8.38. The fourth-order valence-electron chi connectivity index (χ4n) is 2.13. The van der Waals surface area contributed by atoms with Gasteiger partial charge in [-0.2, -0.15) is 5.10 Å². The number of rotatable bonds is 5. The van der Waals surface area contributed by atoms with E-state index in [9.17, 15) is 4.79 Å². The monoisotopic (exact) mass is 340 g/mol. The number of primary amides is 1. The molecule has 0 aliphatic carbocycles. The Balaban J connectivity index is 1.75. The SMILES string of the molecule is Cn1/c(=N/N=C\c2ccc(OCC(N)=O)cc2)sc2ccccc21. The lowest BCUT2D eigenvalue weighted by Crippen LogP contribution is -2.19. The number of aromatic nitrogens is 1. The number of thiazole rings is 1. The van der Waals surface area contributed by atoms with Crippen LogP contribution in [-0.2, 0) is 11.8 Å². The quantitative estimate of drug-likeness (QED) is 0.569. The highest BCUT2D eigenvalue weighted by Crippen LogP contribution is 2.15. The van der Waals surface area contributed by atoms with Crippen LogP contribution >= 0.6 is 11.3 Å². The van der Waals surface area contributed by atoms with Crippen LogP contribution in [0.25, 0.3) is 10.2 Å². The zero-order valence-corrected chi connectivity index (χ0v) is 13.9. The van der Waals surface area contributed by atoms with Gasteiger partial charge in [-0.15, -0.1) is 5.10 Å². The number of nitrogens with two attached hydrogens (primary N) is 1. The minimum atomic E-state index is -0.504. The number of hydrogen-bond acceptors (Lipinski definition) is 5. The summed E-state index contributed by atoms with van der Waals surface area (Å²) in [5, 5.41) is 8.43. The van der Waals surface area contributed by atoms with Crippen LogP contribution in [-0.4, -0.2) is 23.3 Å². The fraction of sp³-hybridized carbons (Fsp3) is 0.118. The number of carbonyl (C=O) groups excluding carboxylic acids is 1. The number of hydrogen-bond donors (Lipinski definition) is 1. The van der Waals surface area contributed by atoms with Crippen molar-refractivity contribution in [2.45, 2.75) is 0 Å². The number of fused-ring (bicyclic) bond motifs is 1. The van der Waals surface area contributed by atoms with Crippen molar-refractivity contribution < 1.29 is 9.53 Å². The molecule has 1 amide bonds. The number of ether oxygens (including phenoxy) is 1. The summed E-state index contributed by atoms with van der Waals surface area (Å²) in [6.07, 6.45) is 1.67. The lowest BCUT2D eigenvalue weighted by atomic mass is 10.2. The van der Waals surface area contributed by atoms with Crippen LogP contribution in [0.15, 0.2) is 58.7 Å². The minimum Gasteiger partial charge on any atom is -0.484 e. The number of carbonyl (C=O) groups is 1. The third-order valence-corrected chi connectivity index (χ3v) is 4.43. The van der Waals surface area contributed by atoms with E-state index >= 15 is 0 Å². The van der Waals surface area contributed by atoms with Crippen molar-refractivity contribution in [3.63, 3.8) is 0 Å². The van der Waals surface area contributed by atoms with E-state index in [0.29, 0.717) is 5.75 Å². The van der Waals surface area contributed by atoms with Gasteiger partial charge < -0.3 is 15.0 Å². The average Bonchev–Trinajstić information content (AvgIpc) is 2.91. The second-order valence-electron chi connectivity index (χ2n) is 5.08. The van der Waals surface area contributed by atoms with Gasteiger partial charge in [-0.25, -0.2) is 0 Å². The number of aryl methyl sites for hydroxylation is 1. The summed E-state index contributed by atoms with van der Waals surface area (Å²) in [5.74, 6) is 0.0782. The molecular formula is C17H16N4O2S. The van der Waals surface area contributed by atoms with Gasteiger partial charge in [0.2, 0.25) is 4.80 Å². The van der Waals surface area contributed by atoms with E-state index in [2.05, 4.69) is 22.3 Å². The minimum absolute atomic E-state index is 0.134. The highest BCUT2D eigenvalue weighted by atomic mass is 32.1. The summed E-state index contributed by atoms with van der Waals surface area (Å²) in [4.78, 5) is 11.5. The maximum Gasteiger partial charge on any atom is 0.255 e. The first-order valence-electron chi connectivity index (χ1n) is 7.26.